The second-order valence-electron chi connectivity index (χ2n) is 4.41. The molecule has 1 aliphatic heterocycles. The van der Waals surface area contributed by atoms with Gasteiger partial charge in [0.2, 0.25) is 0 Å². The van der Waals surface area contributed by atoms with Gasteiger partial charge in [0.1, 0.15) is 6.10 Å². The van der Waals surface area contributed by atoms with Crippen LogP contribution < -0.4 is 0 Å². The zero-order valence-corrected chi connectivity index (χ0v) is 9.20. The summed E-state index contributed by atoms with van der Waals surface area (Å²) in [5, 5.41) is 0. The summed E-state index contributed by atoms with van der Waals surface area (Å²) in [5.41, 5.74) is 0. The Labute approximate surface area is 90.4 Å². The molecule has 1 heterocycles. The number of allylic oxidation sites excluding steroid dienone is 1. The van der Waals surface area contributed by atoms with Crippen LogP contribution in [-0.4, -0.2) is 24.3 Å². The van der Waals surface area contributed by atoms with Crippen LogP contribution in [0.5, 0.6) is 0 Å². The molecule has 0 aromatic carbocycles. The van der Waals surface area contributed by atoms with Crippen molar-refractivity contribution in [3.8, 4) is 0 Å². The fourth-order valence-corrected chi connectivity index (χ4v) is 2.27. The van der Waals surface area contributed by atoms with E-state index in [2.05, 4.69) is 0 Å². The van der Waals surface area contributed by atoms with Gasteiger partial charge in [-0.2, -0.15) is 0 Å². The van der Waals surface area contributed by atoms with Crippen LogP contribution in [0.25, 0.3) is 0 Å². The van der Waals surface area contributed by atoms with Gasteiger partial charge >= 0.3 is 0 Å². The van der Waals surface area contributed by atoms with Crippen molar-refractivity contribution in [3.63, 3.8) is 0 Å². The van der Waals surface area contributed by atoms with Crippen molar-refractivity contribution in [1.82, 2.24) is 0 Å². The predicted molar refractivity (Wildman–Crippen MR) is 56.5 cm³/mol. The van der Waals surface area contributed by atoms with Gasteiger partial charge in [-0.25, -0.2) is 0 Å². The molecule has 3 heteroatoms. The maximum absolute atomic E-state index is 10.8. The van der Waals surface area contributed by atoms with Crippen LogP contribution in [0.1, 0.15) is 39.0 Å². The molecule has 84 valence electrons. The highest BCUT2D eigenvalue weighted by Gasteiger charge is 2.41. The van der Waals surface area contributed by atoms with E-state index in [1.54, 1.807) is 13.0 Å². The minimum Gasteiger partial charge on any atom is -0.347 e. The monoisotopic (exact) mass is 210 g/mol. The summed E-state index contributed by atoms with van der Waals surface area (Å²) in [6.07, 6.45) is 8.98. The molecule has 1 saturated carbocycles. The Bertz CT molecular complexity index is 264. The summed E-state index contributed by atoms with van der Waals surface area (Å²) in [7, 11) is 0. The first-order valence-corrected chi connectivity index (χ1v) is 5.71. The van der Waals surface area contributed by atoms with Gasteiger partial charge in [-0.3, -0.25) is 4.79 Å². The number of carbonyl (C=O) groups excluding carboxylic acids is 1. The van der Waals surface area contributed by atoms with E-state index in [0.717, 1.165) is 12.8 Å². The number of ether oxygens (including phenoxy) is 2. The lowest BCUT2D eigenvalue weighted by Crippen LogP contribution is -2.33. The van der Waals surface area contributed by atoms with E-state index in [1.165, 1.54) is 19.3 Å². The molecule has 2 fully saturated rings. The smallest absolute Gasteiger partial charge is 0.169 e. The third-order valence-electron chi connectivity index (χ3n) is 3.04. The maximum atomic E-state index is 10.8. The summed E-state index contributed by atoms with van der Waals surface area (Å²) in [5.74, 6) is -0.271. The molecule has 2 rings (SSSR count). The van der Waals surface area contributed by atoms with Crippen molar-refractivity contribution < 1.29 is 14.3 Å². The van der Waals surface area contributed by atoms with Gasteiger partial charge in [0, 0.05) is 12.8 Å². The van der Waals surface area contributed by atoms with E-state index in [4.69, 9.17) is 9.47 Å². The lowest BCUT2D eigenvalue weighted by atomic mass is 9.94. The highest BCUT2D eigenvalue weighted by Crippen LogP contribution is 2.37. The van der Waals surface area contributed by atoms with E-state index in [9.17, 15) is 4.79 Å². The number of rotatable bonds is 2. The van der Waals surface area contributed by atoms with Crippen LogP contribution in [0.4, 0.5) is 0 Å². The van der Waals surface area contributed by atoms with Crippen LogP contribution in [0.2, 0.25) is 0 Å². The van der Waals surface area contributed by atoms with Gasteiger partial charge < -0.3 is 9.47 Å². The molecule has 1 saturated heterocycles. The summed E-state index contributed by atoms with van der Waals surface area (Å²) < 4.78 is 11.6. The van der Waals surface area contributed by atoms with Crippen molar-refractivity contribution >= 4 is 5.78 Å². The maximum Gasteiger partial charge on any atom is 0.169 e. The van der Waals surface area contributed by atoms with Crippen molar-refractivity contribution in [2.24, 2.45) is 0 Å². The first-order chi connectivity index (χ1) is 7.20. The third kappa shape index (κ3) is 2.67. The first kappa shape index (κ1) is 10.8. The second kappa shape index (κ2) is 4.45. The zero-order valence-electron chi connectivity index (χ0n) is 9.20. The Morgan fingerprint density at radius 1 is 1.33 bits per heavy atom. The van der Waals surface area contributed by atoms with Crippen LogP contribution in [-0.2, 0) is 14.3 Å². The Kier molecular flexibility index (Phi) is 3.22. The summed E-state index contributed by atoms with van der Waals surface area (Å²) in [6, 6.07) is 0. The Balaban J connectivity index is 1.90. The normalized spacial score (nSPS) is 30.1. The molecule has 0 unspecified atom stereocenters. The number of hydrogen-bond donors (Lipinski definition) is 0. The molecule has 2 aliphatic rings. The summed E-state index contributed by atoms with van der Waals surface area (Å²) >= 11 is 0. The Morgan fingerprint density at radius 2 is 2.07 bits per heavy atom. The topological polar surface area (TPSA) is 35.5 Å². The van der Waals surface area contributed by atoms with Gasteiger partial charge in [0.15, 0.2) is 11.6 Å². The molecule has 0 amide bonds. The molecule has 0 radical (unpaired) electrons. The van der Waals surface area contributed by atoms with E-state index in [0.29, 0.717) is 6.61 Å². The Hall–Kier alpha value is -0.670. The molecule has 0 bridgehead atoms. The van der Waals surface area contributed by atoms with Gasteiger partial charge in [-0.1, -0.05) is 6.42 Å². The number of ketones is 1. The molecule has 15 heavy (non-hydrogen) atoms. The summed E-state index contributed by atoms with van der Waals surface area (Å²) in [4.78, 5) is 10.8. The standard InChI is InChI=1S/C12H18O3/c1-10(13)5-6-11-9-14-12(15-11)7-3-2-4-8-12/h5-6,11H,2-4,7-9H2,1H3/b6-5+/t11-/m0/s1. The number of carbonyl (C=O) groups is 1. The Morgan fingerprint density at radius 3 is 2.73 bits per heavy atom. The minimum absolute atomic E-state index is 0.0352. The average Bonchev–Trinajstić information content (AvgIpc) is 2.60. The van der Waals surface area contributed by atoms with E-state index in [-0.39, 0.29) is 17.7 Å². The molecule has 0 aromatic heterocycles. The largest absolute Gasteiger partial charge is 0.347 e. The van der Waals surface area contributed by atoms with Crippen LogP contribution in [0.15, 0.2) is 12.2 Å². The zero-order chi connectivity index (χ0) is 10.7. The van der Waals surface area contributed by atoms with Crippen LogP contribution in [0, 0.1) is 0 Å². The second-order valence-corrected chi connectivity index (χ2v) is 4.41. The highest BCUT2D eigenvalue weighted by molar-refractivity contribution is 5.87. The van der Waals surface area contributed by atoms with Crippen molar-refractivity contribution in [3.05, 3.63) is 12.2 Å². The van der Waals surface area contributed by atoms with E-state index in [1.807, 2.05) is 6.08 Å². The lowest BCUT2D eigenvalue weighted by molar-refractivity contribution is -0.183. The predicted octanol–water partition coefficient (Wildman–Crippen LogP) is 2.21. The molecule has 0 N–H and O–H groups in total. The fraction of sp³-hybridized carbons (Fsp3) is 0.750. The summed E-state index contributed by atoms with van der Waals surface area (Å²) in [6.45, 7) is 2.13. The average molecular weight is 210 g/mol. The van der Waals surface area contributed by atoms with Crippen molar-refractivity contribution in [2.75, 3.05) is 6.61 Å². The molecule has 3 nitrogen and oxygen atoms in total. The van der Waals surface area contributed by atoms with Crippen molar-refractivity contribution in [1.29, 1.82) is 0 Å². The highest BCUT2D eigenvalue weighted by atomic mass is 16.7. The van der Waals surface area contributed by atoms with Gasteiger partial charge in [0.05, 0.1) is 6.61 Å². The molecular formula is C12H18O3. The molecule has 1 atom stereocenters. The molecular weight excluding hydrogens is 192 g/mol. The minimum atomic E-state index is -0.329. The number of hydrogen-bond acceptors (Lipinski definition) is 3. The van der Waals surface area contributed by atoms with Crippen LogP contribution >= 0.6 is 0 Å². The third-order valence-corrected chi connectivity index (χ3v) is 3.04. The first-order valence-electron chi connectivity index (χ1n) is 5.71. The molecule has 0 aromatic rings. The van der Waals surface area contributed by atoms with Gasteiger partial charge in [-0.05, 0) is 31.9 Å². The lowest BCUT2D eigenvalue weighted by Gasteiger charge is -2.31. The van der Waals surface area contributed by atoms with Gasteiger partial charge in [-0.15, -0.1) is 0 Å². The SMILES string of the molecule is CC(=O)/C=C/[C@H]1COC2(CCCCC2)O1. The molecule has 1 spiro atoms. The quantitative estimate of drug-likeness (QED) is 0.655. The van der Waals surface area contributed by atoms with Crippen LogP contribution in [0.3, 0.4) is 0 Å². The van der Waals surface area contributed by atoms with Crippen molar-refractivity contribution in [2.45, 2.75) is 50.9 Å². The van der Waals surface area contributed by atoms with Gasteiger partial charge in [0.25, 0.3) is 0 Å². The molecule has 1 aliphatic carbocycles. The fourth-order valence-electron chi connectivity index (χ4n) is 2.27. The van der Waals surface area contributed by atoms with E-state index >= 15 is 0 Å². The van der Waals surface area contributed by atoms with E-state index < -0.39 is 0 Å².